The number of ether oxygens (including phenoxy) is 4. The van der Waals surface area contributed by atoms with E-state index in [1.54, 1.807) is 0 Å². The van der Waals surface area contributed by atoms with Crippen molar-refractivity contribution in [2.45, 2.75) is 53.4 Å². The molecule has 0 amide bonds. The summed E-state index contributed by atoms with van der Waals surface area (Å²) in [6.07, 6.45) is 8.14. The van der Waals surface area contributed by atoms with Gasteiger partial charge in [0.05, 0.1) is 25.7 Å². The Morgan fingerprint density at radius 1 is 0.643 bits per heavy atom. The van der Waals surface area contributed by atoms with Gasteiger partial charge >= 0.3 is 0 Å². The average Bonchev–Trinajstić information content (AvgIpc) is 2.72. The van der Waals surface area contributed by atoms with Gasteiger partial charge in [-0.3, -0.25) is 0 Å². The van der Waals surface area contributed by atoms with Crippen molar-refractivity contribution >= 4 is 11.1 Å². The normalized spacial score (nSPS) is 12.3. The van der Waals surface area contributed by atoms with Crippen molar-refractivity contribution in [3.05, 3.63) is 47.9 Å². The summed E-state index contributed by atoms with van der Waals surface area (Å²) in [4.78, 5) is 0. The van der Waals surface area contributed by atoms with Gasteiger partial charge in [0.1, 0.15) is 13.2 Å². The maximum atomic E-state index is 5.58. The van der Waals surface area contributed by atoms with E-state index < -0.39 is 0 Å². The number of hydrogen-bond donors (Lipinski definition) is 0. The Hall–Kier alpha value is -1.78. The summed E-state index contributed by atoms with van der Waals surface area (Å²) in [5.41, 5.74) is 4.49. The first-order valence-corrected chi connectivity index (χ1v) is 10.5. The third-order valence-corrected chi connectivity index (χ3v) is 4.29. The van der Waals surface area contributed by atoms with Crippen LogP contribution < -0.4 is 0 Å². The monoisotopic (exact) mass is 390 g/mol. The Labute approximate surface area is 171 Å². The maximum Gasteiger partial charge on any atom is 0.111 e. The molecule has 0 bridgehead atoms. The van der Waals surface area contributed by atoms with Gasteiger partial charge in [-0.05, 0) is 49.0 Å². The highest BCUT2D eigenvalue weighted by Crippen LogP contribution is 2.19. The van der Waals surface area contributed by atoms with Crippen molar-refractivity contribution in [3.8, 4) is 0 Å². The van der Waals surface area contributed by atoms with Crippen molar-refractivity contribution in [1.82, 2.24) is 0 Å². The first-order chi connectivity index (χ1) is 13.7. The number of allylic oxidation sites excluding steroid dienone is 2. The van der Waals surface area contributed by atoms with Gasteiger partial charge in [-0.2, -0.15) is 0 Å². The van der Waals surface area contributed by atoms with Crippen LogP contribution in [0.3, 0.4) is 0 Å². The van der Waals surface area contributed by atoms with Crippen LogP contribution in [0.2, 0.25) is 0 Å². The van der Waals surface area contributed by atoms with Crippen LogP contribution in [0, 0.1) is 0 Å². The van der Waals surface area contributed by atoms with Crippen LogP contribution in [0.15, 0.2) is 36.8 Å². The molecule has 0 atom stereocenters. The Morgan fingerprint density at radius 3 is 1.39 bits per heavy atom. The molecule has 1 rings (SSSR count). The highest BCUT2D eigenvalue weighted by molar-refractivity contribution is 5.68. The van der Waals surface area contributed by atoms with E-state index in [1.165, 1.54) is 0 Å². The highest BCUT2D eigenvalue weighted by Gasteiger charge is 2.00. The standard InChI is InChI=1S/C24H38O4/c1-5-7-13-25-15-17-27-19-21(3)23-9-11-24(12-10-23)22(4)20-28-18-16-26-14-8-6-2/h9-12,19-20H,5-8,13-18H2,1-4H3. The molecule has 0 aliphatic carbocycles. The predicted molar refractivity (Wildman–Crippen MR) is 117 cm³/mol. The van der Waals surface area contributed by atoms with Gasteiger partial charge in [0.25, 0.3) is 0 Å². The molecule has 1 aromatic carbocycles. The minimum absolute atomic E-state index is 0.584. The van der Waals surface area contributed by atoms with Crippen LogP contribution in [0.1, 0.15) is 64.5 Å². The number of hydrogen-bond acceptors (Lipinski definition) is 4. The second-order valence-electron chi connectivity index (χ2n) is 6.85. The van der Waals surface area contributed by atoms with E-state index in [9.17, 15) is 0 Å². The lowest BCUT2D eigenvalue weighted by Gasteiger charge is -2.08. The van der Waals surface area contributed by atoms with E-state index in [2.05, 4.69) is 52.0 Å². The van der Waals surface area contributed by atoms with E-state index in [4.69, 9.17) is 18.9 Å². The molecule has 0 N–H and O–H groups in total. The Morgan fingerprint density at radius 2 is 1.04 bits per heavy atom. The lowest BCUT2D eigenvalue weighted by atomic mass is 10.0. The van der Waals surface area contributed by atoms with Gasteiger partial charge in [0, 0.05) is 13.2 Å². The summed E-state index contributed by atoms with van der Waals surface area (Å²) in [6, 6.07) is 8.42. The summed E-state index contributed by atoms with van der Waals surface area (Å²) in [5, 5.41) is 0. The fraction of sp³-hybridized carbons (Fsp3) is 0.583. The Bertz CT molecular complexity index is 509. The van der Waals surface area contributed by atoms with Crippen molar-refractivity contribution in [3.63, 3.8) is 0 Å². The van der Waals surface area contributed by atoms with E-state index >= 15 is 0 Å². The molecule has 28 heavy (non-hydrogen) atoms. The van der Waals surface area contributed by atoms with Crippen LogP contribution >= 0.6 is 0 Å². The maximum absolute atomic E-state index is 5.58. The quantitative estimate of drug-likeness (QED) is 0.253. The van der Waals surface area contributed by atoms with Gasteiger partial charge in [-0.25, -0.2) is 0 Å². The summed E-state index contributed by atoms with van der Waals surface area (Å²) in [6.45, 7) is 12.5. The zero-order valence-corrected chi connectivity index (χ0v) is 18.2. The molecular formula is C24H38O4. The minimum atomic E-state index is 0.584. The lowest BCUT2D eigenvalue weighted by Crippen LogP contribution is -2.02. The van der Waals surface area contributed by atoms with Gasteiger partial charge in [-0.1, -0.05) is 51.0 Å². The number of benzene rings is 1. The van der Waals surface area contributed by atoms with Crippen LogP contribution in [0.5, 0.6) is 0 Å². The third-order valence-electron chi connectivity index (χ3n) is 4.29. The third kappa shape index (κ3) is 11.2. The van der Waals surface area contributed by atoms with Gasteiger partial charge in [0.2, 0.25) is 0 Å². The van der Waals surface area contributed by atoms with Crippen molar-refractivity contribution in [2.75, 3.05) is 39.6 Å². The van der Waals surface area contributed by atoms with Gasteiger partial charge < -0.3 is 18.9 Å². The molecule has 1 aromatic rings. The number of unbranched alkanes of at least 4 members (excludes halogenated alkanes) is 2. The molecule has 0 spiro atoms. The first-order valence-electron chi connectivity index (χ1n) is 10.5. The summed E-state index contributed by atoms with van der Waals surface area (Å²) >= 11 is 0. The van der Waals surface area contributed by atoms with Crippen molar-refractivity contribution in [2.24, 2.45) is 0 Å². The number of rotatable bonds is 16. The molecule has 0 radical (unpaired) electrons. The van der Waals surface area contributed by atoms with Crippen molar-refractivity contribution < 1.29 is 18.9 Å². The fourth-order valence-electron chi connectivity index (χ4n) is 2.41. The van der Waals surface area contributed by atoms with E-state index in [-0.39, 0.29) is 0 Å². The van der Waals surface area contributed by atoms with Gasteiger partial charge in [-0.15, -0.1) is 0 Å². The van der Waals surface area contributed by atoms with Crippen LogP contribution in [0.4, 0.5) is 0 Å². The fourth-order valence-corrected chi connectivity index (χ4v) is 2.41. The molecule has 0 aliphatic heterocycles. The lowest BCUT2D eigenvalue weighted by molar-refractivity contribution is 0.0834. The first kappa shape index (κ1) is 24.3. The smallest absolute Gasteiger partial charge is 0.111 e. The molecule has 0 saturated carbocycles. The zero-order chi connectivity index (χ0) is 20.5. The second kappa shape index (κ2) is 16.2. The highest BCUT2D eigenvalue weighted by atomic mass is 16.5. The summed E-state index contributed by atoms with van der Waals surface area (Å²) < 4.78 is 22.1. The minimum Gasteiger partial charge on any atom is -0.498 e. The molecule has 4 heteroatoms. The molecule has 0 aliphatic rings. The van der Waals surface area contributed by atoms with E-state index in [0.717, 1.165) is 61.2 Å². The molecule has 158 valence electrons. The van der Waals surface area contributed by atoms with Crippen LogP contribution in [0.25, 0.3) is 11.1 Å². The average molecular weight is 391 g/mol. The Kier molecular flexibility index (Phi) is 14.0. The molecule has 0 aromatic heterocycles. The molecule has 0 saturated heterocycles. The van der Waals surface area contributed by atoms with Gasteiger partial charge in [0.15, 0.2) is 0 Å². The van der Waals surface area contributed by atoms with Crippen LogP contribution in [-0.2, 0) is 18.9 Å². The van der Waals surface area contributed by atoms with E-state index in [1.807, 2.05) is 12.5 Å². The second-order valence-corrected chi connectivity index (χ2v) is 6.85. The Balaban J connectivity index is 2.34. The van der Waals surface area contributed by atoms with E-state index in [0.29, 0.717) is 26.4 Å². The van der Waals surface area contributed by atoms with Crippen molar-refractivity contribution in [1.29, 1.82) is 0 Å². The molecule has 0 heterocycles. The SMILES string of the molecule is CCCCOCCOC=C(C)c1ccc(C(C)=COCCOCCCC)cc1. The molecule has 0 unspecified atom stereocenters. The summed E-state index contributed by atoms with van der Waals surface area (Å²) in [7, 11) is 0. The predicted octanol–water partition coefficient (Wildman–Crippen LogP) is 6.07. The zero-order valence-electron chi connectivity index (χ0n) is 18.2. The molecular weight excluding hydrogens is 352 g/mol. The largest absolute Gasteiger partial charge is 0.498 e. The topological polar surface area (TPSA) is 36.9 Å². The summed E-state index contributed by atoms with van der Waals surface area (Å²) in [5.74, 6) is 0. The van der Waals surface area contributed by atoms with Crippen LogP contribution in [-0.4, -0.2) is 39.6 Å². The molecule has 4 nitrogen and oxygen atoms in total. The molecule has 0 fully saturated rings.